The predicted molar refractivity (Wildman–Crippen MR) is 92.9 cm³/mol. The molecule has 0 saturated carbocycles. The smallest absolute Gasteiger partial charge is 0.269 e. The van der Waals surface area contributed by atoms with E-state index < -0.39 is 4.92 Å². The van der Waals surface area contributed by atoms with Gasteiger partial charge in [0.2, 0.25) is 0 Å². The van der Waals surface area contributed by atoms with Gasteiger partial charge in [-0.3, -0.25) is 14.9 Å². The second-order valence-corrected chi connectivity index (χ2v) is 5.61. The molecule has 0 fully saturated rings. The van der Waals surface area contributed by atoms with Crippen LogP contribution in [0.4, 0.5) is 5.69 Å². The Morgan fingerprint density at radius 3 is 2.33 bits per heavy atom. The average molecular weight is 320 g/mol. The summed E-state index contributed by atoms with van der Waals surface area (Å²) in [4.78, 5) is 22.5. The molecule has 3 aromatic carbocycles. The van der Waals surface area contributed by atoms with Crippen LogP contribution in [0.25, 0.3) is 10.8 Å². The summed E-state index contributed by atoms with van der Waals surface area (Å²) in [6.07, 6.45) is 0. The van der Waals surface area contributed by atoms with Gasteiger partial charge in [-0.25, -0.2) is 0 Å². The molecule has 5 nitrogen and oxygen atoms in total. The van der Waals surface area contributed by atoms with Crippen molar-refractivity contribution >= 4 is 22.4 Å². The van der Waals surface area contributed by atoms with Crippen LogP contribution in [0.5, 0.6) is 0 Å². The normalized spacial score (nSPS) is 11.9. The van der Waals surface area contributed by atoms with E-state index in [0.29, 0.717) is 5.56 Å². The summed E-state index contributed by atoms with van der Waals surface area (Å²) in [5.41, 5.74) is 1.37. The van der Waals surface area contributed by atoms with Crippen LogP contribution in [0.3, 0.4) is 0 Å². The third-order valence-corrected chi connectivity index (χ3v) is 3.96. The van der Waals surface area contributed by atoms with Crippen molar-refractivity contribution < 1.29 is 9.72 Å². The molecule has 0 bridgehead atoms. The van der Waals surface area contributed by atoms with E-state index in [2.05, 4.69) is 11.4 Å². The molecule has 120 valence electrons. The quantitative estimate of drug-likeness (QED) is 0.577. The van der Waals surface area contributed by atoms with Crippen molar-refractivity contribution in [3.63, 3.8) is 0 Å². The van der Waals surface area contributed by atoms with Gasteiger partial charge in [0.1, 0.15) is 0 Å². The lowest BCUT2D eigenvalue weighted by atomic mass is 10.0. The predicted octanol–water partition coefficient (Wildman–Crippen LogP) is 4.24. The van der Waals surface area contributed by atoms with E-state index >= 15 is 0 Å². The number of nitro groups is 1. The molecule has 1 atom stereocenters. The molecule has 24 heavy (non-hydrogen) atoms. The molecule has 0 aliphatic rings. The fourth-order valence-corrected chi connectivity index (χ4v) is 2.57. The summed E-state index contributed by atoms with van der Waals surface area (Å²) in [6, 6.07) is 19.5. The fraction of sp³-hybridized carbons (Fsp3) is 0.105. The minimum Gasteiger partial charge on any atom is -0.346 e. The van der Waals surface area contributed by atoms with Crippen molar-refractivity contribution in [2.75, 3.05) is 0 Å². The molecule has 0 heterocycles. The minimum absolute atomic E-state index is 0.0332. The molecular formula is C19H16N2O3. The van der Waals surface area contributed by atoms with Gasteiger partial charge in [0.15, 0.2) is 0 Å². The first-order chi connectivity index (χ1) is 11.5. The molecule has 0 radical (unpaired) electrons. The summed E-state index contributed by atoms with van der Waals surface area (Å²) in [7, 11) is 0. The molecule has 0 aliphatic carbocycles. The zero-order valence-corrected chi connectivity index (χ0v) is 13.1. The Bertz CT molecular complexity index is 904. The van der Waals surface area contributed by atoms with Crippen molar-refractivity contribution in [2.24, 2.45) is 0 Å². The number of carbonyl (C=O) groups is 1. The third kappa shape index (κ3) is 3.25. The molecule has 5 heteroatoms. The first kappa shape index (κ1) is 15.7. The number of hydrogen-bond donors (Lipinski definition) is 1. The van der Waals surface area contributed by atoms with E-state index in [1.54, 1.807) is 0 Å². The van der Waals surface area contributed by atoms with E-state index in [1.165, 1.54) is 24.3 Å². The number of non-ortho nitro benzene ring substituents is 1. The number of carbonyl (C=O) groups excluding carboxylic acids is 1. The monoisotopic (exact) mass is 320 g/mol. The molecule has 1 N–H and O–H groups in total. The second kappa shape index (κ2) is 6.50. The molecule has 0 spiro atoms. The maximum atomic E-state index is 12.3. The van der Waals surface area contributed by atoms with Crippen molar-refractivity contribution in [1.82, 2.24) is 5.32 Å². The Balaban J connectivity index is 1.76. The van der Waals surface area contributed by atoms with Gasteiger partial charge in [-0.2, -0.15) is 0 Å². The molecule has 3 aromatic rings. The summed E-state index contributed by atoms with van der Waals surface area (Å²) in [5.74, 6) is -0.259. The lowest BCUT2D eigenvalue weighted by Gasteiger charge is -2.15. The molecule has 0 saturated heterocycles. The molecule has 1 unspecified atom stereocenters. The highest BCUT2D eigenvalue weighted by Crippen LogP contribution is 2.21. The van der Waals surface area contributed by atoms with Crippen molar-refractivity contribution in [2.45, 2.75) is 13.0 Å². The standard InChI is InChI=1S/C19H16N2O3/c1-13(16-7-6-14-4-2-3-5-17(14)12-16)20-19(22)15-8-10-18(11-9-15)21(23)24/h2-13H,1H3,(H,20,22). The van der Waals surface area contributed by atoms with Gasteiger partial charge in [0, 0.05) is 17.7 Å². The van der Waals surface area contributed by atoms with Crippen molar-refractivity contribution in [3.8, 4) is 0 Å². The minimum atomic E-state index is -0.487. The molecule has 3 rings (SSSR count). The number of fused-ring (bicyclic) bond motifs is 1. The first-order valence-electron chi connectivity index (χ1n) is 7.58. The fourth-order valence-electron chi connectivity index (χ4n) is 2.57. The highest BCUT2D eigenvalue weighted by Gasteiger charge is 2.13. The van der Waals surface area contributed by atoms with Gasteiger partial charge in [0.05, 0.1) is 11.0 Å². The van der Waals surface area contributed by atoms with Gasteiger partial charge in [0.25, 0.3) is 11.6 Å². The van der Waals surface area contributed by atoms with Gasteiger partial charge >= 0.3 is 0 Å². The Kier molecular flexibility index (Phi) is 4.24. The topological polar surface area (TPSA) is 72.2 Å². The summed E-state index contributed by atoms with van der Waals surface area (Å²) in [5, 5.41) is 15.8. The van der Waals surface area contributed by atoms with Crippen LogP contribution < -0.4 is 5.32 Å². The Morgan fingerprint density at radius 2 is 1.67 bits per heavy atom. The van der Waals surface area contributed by atoms with Crippen LogP contribution in [-0.4, -0.2) is 10.8 Å². The summed E-state index contributed by atoms with van der Waals surface area (Å²) in [6.45, 7) is 1.91. The second-order valence-electron chi connectivity index (χ2n) is 5.61. The lowest BCUT2D eigenvalue weighted by molar-refractivity contribution is -0.384. The summed E-state index contributed by atoms with van der Waals surface area (Å²) < 4.78 is 0. The Morgan fingerprint density at radius 1 is 1.00 bits per heavy atom. The van der Waals surface area contributed by atoms with Gasteiger partial charge in [-0.15, -0.1) is 0 Å². The van der Waals surface area contributed by atoms with Crippen LogP contribution in [0, 0.1) is 10.1 Å². The van der Waals surface area contributed by atoms with Gasteiger partial charge < -0.3 is 5.32 Å². The number of amides is 1. The lowest BCUT2D eigenvalue weighted by Crippen LogP contribution is -2.26. The Hall–Kier alpha value is -3.21. The van der Waals surface area contributed by atoms with Crippen LogP contribution in [0.1, 0.15) is 28.9 Å². The number of rotatable bonds is 4. The summed E-state index contributed by atoms with van der Waals surface area (Å²) >= 11 is 0. The average Bonchev–Trinajstić information content (AvgIpc) is 2.61. The van der Waals surface area contributed by atoms with Crippen molar-refractivity contribution in [3.05, 3.63) is 88.0 Å². The number of nitro benzene ring substituents is 1. The van der Waals surface area contributed by atoms with Crippen LogP contribution in [0.2, 0.25) is 0 Å². The number of nitrogens with zero attached hydrogens (tertiary/aromatic N) is 1. The van der Waals surface area contributed by atoms with E-state index in [1.807, 2.05) is 43.3 Å². The SMILES string of the molecule is CC(NC(=O)c1ccc([N+](=O)[O-])cc1)c1ccc2ccccc2c1. The van der Waals surface area contributed by atoms with E-state index in [-0.39, 0.29) is 17.6 Å². The van der Waals surface area contributed by atoms with Crippen LogP contribution >= 0.6 is 0 Å². The van der Waals surface area contributed by atoms with Gasteiger partial charge in [-0.05, 0) is 41.5 Å². The van der Waals surface area contributed by atoms with Gasteiger partial charge in [-0.1, -0.05) is 36.4 Å². The van der Waals surface area contributed by atoms with E-state index in [9.17, 15) is 14.9 Å². The number of nitrogens with one attached hydrogen (secondary N) is 1. The van der Waals surface area contributed by atoms with Crippen LogP contribution in [0.15, 0.2) is 66.7 Å². The Labute approximate surface area is 139 Å². The molecular weight excluding hydrogens is 304 g/mol. The zero-order chi connectivity index (χ0) is 17.1. The maximum Gasteiger partial charge on any atom is 0.269 e. The molecule has 0 aromatic heterocycles. The van der Waals surface area contributed by atoms with E-state index in [4.69, 9.17) is 0 Å². The maximum absolute atomic E-state index is 12.3. The molecule has 1 amide bonds. The van der Waals surface area contributed by atoms with Crippen LogP contribution in [-0.2, 0) is 0 Å². The highest BCUT2D eigenvalue weighted by atomic mass is 16.6. The highest BCUT2D eigenvalue weighted by molar-refractivity contribution is 5.94. The number of benzene rings is 3. The molecule has 0 aliphatic heterocycles. The zero-order valence-electron chi connectivity index (χ0n) is 13.1. The van der Waals surface area contributed by atoms with Crippen molar-refractivity contribution in [1.29, 1.82) is 0 Å². The largest absolute Gasteiger partial charge is 0.346 e. The van der Waals surface area contributed by atoms with E-state index in [0.717, 1.165) is 16.3 Å². The first-order valence-corrected chi connectivity index (χ1v) is 7.58. The third-order valence-electron chi connectivity index (χ3n) is 3.96. The number of hydrogen-bond acceptors (Lipinski definition) is 3.